The first-order chi connectivity index (χ1) is 32.5. The fourth-order valence-corrected chi connectivity index (χ4v) is 8.58. The second-order valence-electron chi connectivity index (χ2n) is 18.3. The maximum atomic E-state index is 12.3. The molecule has 0 saturated carbocycles. The zero-order chi connectivity index (χ0) is 49.2. The van der Waals surface area contributed by atoms with E-state index in [0.717, 1.165) is 72.5 Å². The number of nitrogens with zero attached hydrogens (tertiary/aromatic N) is 3. The Balaban J connectivity index is 0.00000659. The number of hydrogen-bond donors (Lipinski definition) is 1. The number of hydrogen-bond acceptors (Lipinski definition) is 3. The summed E-state index contributed by atoms with van der Waals surface area (Å²) < 4.78 is 46.9. The van der Waals surface area contributed by atoms with E-state index in [1.165, 1.54) is 0 Å². The van der Waals surface area contributed by atoms with Crippen LogP contribution in [0.3, 0.4) is 0 Å². The number of phenolic OH excluding ortho intramolecular Hbond substituents is 1. The Labute approximate surface area is 406 Å². The third-order valence-corrected chi connectivity index (χ3v) is 12.1. The molecule has 0 radical (unpaired) electrons. The molecule has 9 rings (SSSR count). The molecule has 2 aromatic heterocycles. The molecule has 2 heterocycles. The van der Waals surface area contributed by atoms with Crippen LogP contribution in [0.4, 0.5) is 0 Å². The number of pyridine rings is 1. The summed E-state index contributed by atoms with van der Waals surface area (Å²) in [5, 5.41) is 12.3. The Morgan fingerprint density at radius 1 is 0.631 bits per heavy atom. The van der Waals surface area contributed by atoms with Gasteiger partial charge in [0.1, 0.15) is 11.6 Å². The van der Waals surface area contributed by atoms with Crippen LogP contribution >= 0.6 is 0 Å². The van der Waals surface area contributed by atoms with E-state index in [0.29, 0.717) is 33.7 Å². The number of benzene rings is 7. The van der Waals surface area contributed by atoms with E-state index in [-0.39, 0.29) is 32.4 Å². The zero-order valence-corrected chi connectivity index (χ0v) is 40.4. The summed E-state index contributed by atoms with van der Waals surface area (Å²) in [6.45, 7) is 12.8. The summed E-state index contributed by atoms with van der Waals surface area (Å²) in [6, 6.07) is 53.4. The Bertz CT molecular complexity index is 3370. The van der Waals surface area contributed by atoms with Gasteiger partial charge in [-0.2, -0.15) is 0 Å². The monoisotopic (exact) mass is 1030 g/mol. The predicted molar refractivity (Wildman–Crippen MR) is 268 cm³/mol. The number of aryl methyl sites for hydroxylation is 2. The van der Waals surface area contributed by atoms with Gasteiger partial charge in [0.2, 0.25) is 0 Å². The Morgan fingerprint density at radius 3 is 1.91 bits per heavy atom. The average molecular weight is 1040 g/mol. The van der Waals surface area contributed by atoms with Gasteiger partial charge in [-0.1, -0.05) is 174 Å². The molecule has 0 unspecified atom stereocenters. The van der Waals surface area contributed by atoms with Crippen molar-refractivity contribution in [2.45, 2.75) is 79.4 Å². The summed E-state index contributed by atoms with van der Waals surface area (Å²) in [4.78, 5) is 10.3. The molecule has 0 atom stereocenters. The third-order valence-electron chi connectivity index (χ3n) is 12.1. The van der Waals surface area contributed by atoms with Gasteiger partial charge in [-0.05, 0) is 111 Å². The fourth-order valence-electron chi connectivity index (χ4n) is 8.58. The first-order valence-corrected chi connectivity index (χ1v) is 21.9. The smallest absolute Gasteiger partial charge is 0.148 e. The zero-order valence-electron chi connectivity index (χ0n) is 43.1. The molecule has 0 bridgehead atoms. The first-order valence-electron chi connectivity index (χ1n) is 24.4. The summed E-state index contributed by atoms with van der Waals surface area (Å²) in [5.41, 5.74) is 13.4. The van der Waals surface area contributed by atoms with Crippen molar-refractivity contribution in [2.24, 2.45) is 0 Å². The van der Waals surface area contributed by atoms with Crippen molar-refractivity contribution in [1.82, 2.24) is 14.5 Å². The number of fused-ring (bicyclic) bond motifs is 1. The summed E-state index contributed by atoms with van der Waals surface area (Å²) in [7, 11) is 0. The van der Waals surface area contributed by atoms with E-state index in [1.54, 1.807) is 6.07 Å². The molecule has 7 aromatic carbocycles. The second kappa shape index (κ2) is 18.3. The largest absolute Gasteiger partial charge is 0.507 e. The molecule has 9 aromatic rings. The molecular weight excluding hydrogens is 974 g/mol. The maximum absolute atomic E-state index is 12.3. The Kier molecular flexibility index (Phi) is 11.0. The van der Waals surface area contributed by atoms with E-state index in [2.05, 4.69) is 69.3 Å². The molecule has 65 heavy (non-hydrogen) atoms. The first kappa shape index (κ1) is 39.1. The number of rotatable bonds is 9. The van der Waals surface area contributed by atoms with Crippen molar-refractivity contribution in [2.75, 3.05) is 0 Å². The Morgan fingerprint density at radius 2 is 1.26 bits per heavy atom. The van der Waals surface area contributed by atoms with Gasteiger partial charge in [0, 0.05) is 45.4 Å². The second-order valence-corrected chi connectivity index (χ2v) is 18.3. The van der Waals surface area contributed by atoms with Crippen LogP contribution in [-0.2, 0) is 26.5 Å². The maximum Gasteiger partial charge on any atom is 0.148 e. The molecule has 0 aliphatic rings. The van der Waals surface area contributed by atoms with Gasteiger partial charge in [0.15, 0.2) is 0 Å². The van der Waals surface area contributed by atoms with Gasteiger partial charge < -0.3 is 5.11 Å². The third kappa shape index (κ3) is 9.02. The topological polar surface area (TPSA) is 50.9 Å². The van der Waals surface area contributed by atoms with Crippen molar-refractivity contribution < 1.29 is 33.0 Å². The molecule has 0 aliphatic carbocycles. The normalized spacial score (nSPS) is 13.3. The molecule has 0 saturated heterocycles. The summed E-state index contributed by atoms with van der Waals surface area (Å²) >= 11 is 0. The van der Waals surface area contributed by atoms with E-state index in [9.17, 15) is 5.11 Å². The SMILES string of the molecule is [2H]C([2H])([2H])c1cc(-c2cc(C([2H])(C)C)cc(C([2H])(C)C)c2)ccc1-n1c(-c2cc(C)cc(C(C)(C)C)c2O)nc2c(-c3[c-]c(-c4cc(-c5ccccc5)ccn4)cc(-c4ccccc4)c3)cccc21.[Pt]. The standard InChI is InChI=1S/C60H56N3O.Pt/c1-37(2)45-30-46(38(3)4)32-48(31-45)43-23-24-55(40(6)29-43)63-56-22-16-21-51(57(56)62-59(63)52-27-39(5)28-53(58(52)64)60(7,8)9)49-33-47(42-19-14-11-15-20-42)34-50(35-49)54-36-44(25-26-61-54)41-17-12-10-13-18-41;/h10-34,36-38,64H,1-9H3;/q-1;/i6D3,37D,38D;. The van der Waals surface area contributed by atoms with Crippen molar-refractivity contribution >= 4 is 11.0 Å². The number of aromatic nitrogens is 3. The molecule has 328 valence electrons. The summed E-state index contributed by atoms with van der Waals surface area (Å²) in [6.07, 6.45) is 1.82. The number of para-hydroxylation sites is 1. The molecular formula is C60H56N3OPt-. The summed E-state index contributed by atoms with van der Waals surface area (Å²) in [5.74, 6) is -1.47. The van der Waals surface area contributed by atoms with Gasteiger partial charge in [-0.15, -0.1) is 23.8 Å². The van der Waals surface area contributed by atoms with Crippen LogP contribution in [0.15, 0.2) is 158 Å². The fraction of sp³-hybridized carbons (Fsp3) is 0.200. The minimum atomic E-state index is -2.60. The van der Waals surface area contributed by atoms with Crippen LogP contribution in [0.5, 0.6) is 5.75 Å². The van der Waals surface area contributed by atoms with Crippen LogP contribution in [0.25, 0.3) is 83.9 Å². The van der Waals surface area contributed by atoms with Crippen LogP contribution in [0.1, 0.15) is 94.9 Å². The van der Waals surface area contributed by atoms with Crippen molar-refractivity contribution in [1.29, 1.82) is 0 Å². The van der Waals surface area contributed by atoms with E-state index < -0.39 is 24.1 Å². The minimum Gasteiger partial charge on any atom is -0.507 e. The minimum absolute atomic E-state index is 0. The van der Waals surface area contributed by atoms with Crippen LogP contribution in [0.2, 0.25) is 0 Å². The molecule has 0 fully saturated rings. The number of aromatic hydroxyl groups is 1. The molecule has 0 amide bonds. The molecule has 4 nitrogen and oxygen atoms in total. The van der Waals surface area contributed by atoms with Crippen molar-refractivity contribution in [3.63, 3.8) is 0 Å². The van der Waals surface area contributed by atoms with Gasteiger partial charge >= 0.3 is 0 Å². The van der Waals surface area contributed by atoms with E-state index in [1.807, 2.05) is 149 Å². The van der Waals surface area contributed by atoms with Gasteiger partial charge in [-0.25, -0.2) is 4.98 Å². The number of imidazole rings is 1. The molecule has 1 N–H and O–H groups in total. The Hall–Kier alpha value is -6.35. The molecule has 0 aliphatic heterocycles. The predicted octanol–water partition coefficient (Wildman–Crippen LogP) is 16.1. The van der Waals surface area contributed by atoms with Crippen molar-refractivity contribution in [3.8, 4) is 78.6 Å². The van der Waals surface area contributed by atoms with E-state index >= 15 is 0 Å². The molecule has 5 heteroatoms. The quantitative estimate of drug-likeness (QED) is 0.147. The van der Waals surface area contributed by atoms with Gasteiger partial charge in [-0.3, -0.25) is 9.55 Å². The van der Waals surface area contributed by atoms with Crippen LogP contribution in [-0.4, -0.2) is 19.6 Å². The average Bonchev–Trinajstić information content (AvgIpc) is 3.70. The van der Waals surface area contributed by atoms with Gasteiger partial charge in [0.05, 0.1) is 22.3 Å². The van der Waals surface area contributed by atoms with Crippen LogP contribution < -0.4 is 0 Å². The van der Waals surface area contributed by atoms with Crippen molar-refractivity contribution in [3.05, 3.63) is 192 Å². The van der Waals surface area contributed by atoms with Crippen LogP contribution in [0, 0.1) is 19.8 Å². The van der Waals surface area contributed by atoms with Gasteiger partial charge in [0.25, 0.3) is 0 Å². The van der Waals surface area contributed by atoms with E-state index in [4.69, 9.17) is 16.8 Å². The molecule has 0 spiro atoms. The number of phenols is 1.